The molecular formula is C23H19ClN4O2S. The predicted molar refractivity (Wildman–Crippen MR) is 124 cm³/mol. The number of thioether (sulfide) groups is 1. The van der Waals surface area contributed by atoms with Gasteiger partial charge < -0.3 is 5.32 Å². The molecule has 0 aliphatic carbocycles. The quantitative estimate of drug-likeness (QED) is 0.341. The minimum Gasteiger partial charge on any atom is -0.355 e. The number of fused-ring (bicyclic) bond motifs is 1. The number of aromatic nitrogens is 3. The van der Waals surface area contributed by atoms with Crippen LogP contribution in [0.25, 0.3) is 16.6 Å². The lowest BCUT2D eigenvalue weighted by atomic mass is 10.2. The Morgan fingerprint density at radius 3 is 2.58 bits per heavy atom. The van der Waals surface area contributed by atoms with Crippen LogP contribution in [0.4, 0.5) is 0 Å². The van der Waals surface area contributed by atoms with Gasteiger partial charge in [0.15, 0.2) is 5.16 Å². The van der Waals surface area contributed by atoms with Crippen LogP contribution in [-0.2, 0) is 11.2 Å². The van der Waals surface area contributed by atoms with Crippen LogP contribution >= 0.6 is 23.4 Å². The van der Waals surface area contributed by atoms with E-state index in [0.29, 0.717) is 39.7 Å². The molecule has 0 aliphatic rings. The molecule has 0 bridgehead atoms. The van der Waals surface area contributed by atoms with Gasteiger partial charge in [0.25, 0.3) is 5.56 Å². The third-order valence-corrected chi connectivity index (χ3v) is 5.78. The number of nitrogens with one attached hydrogen (secondary N) is 1. The molecular weight excluding hydrogens is 432 g/mol. The molecule has 0 spiro atoms. The number of amides is 1. The summed E-state index contributed by atoms with van der Waals surface area (Å²) in [5, 5.41) is 4.43. The third kappa shape index (κ3) is 5.13. The third-order valence-electron chi connectivity index (χ3n) is 4.59. The molecule has 4 aromatic rings. The Hall–Kier alpha value is -3.16. The van der Waals surface area contributed by atoms with Crippen molar-refractivity contribution in [1.82, 2.24) is 19.9 Å². The number of hydrogen-bond donors (Lipinski definition) is 1. The van der Waals surface area contributed by atoms with Gasteiger partial charge in [-0.1, -0.05) is 41.6 Å². The number of rotatable bonds is 7. The largest absolute Gasteiger partial charge is 0.355 e. The fourth-order valence-corrected chi connectivity index (χ4v) is 4.05. The summed E-state index contributed by atoms with van der Waals surface area (Å²) in [5.41, 5.74) is 1.97. The molecule has 8 heteroatoms. The molecule has 1 amide bonds. The number of nitrogens with zero attached hydrogens (tertiary/aromatic N) is 3. The van der Waals surface area contributed by atoms with Crippen molar-refractivity contribution in [3.05, 3.63) is 94.0 Å². The van der Waals surface area contributed by atoms with E-state index in [1.54, 1.807) is 48.7 Å². The van der Waals surface area contributed by atoms with Gasteiger partial charge in [-0.15, -0.1) is 0 Å². The number of halogens is 1. The first-order valence-corrected chi connectivity index (χ1v) is 11.1. The summed E-state index contributed by atoms with van der Waals surface area (Å²) in [5.74, 6) is 0.00613. The maximum atomic E-state index is 13.2. The van der Waals surface area contributed by atoms with Gasteiger partial charge in [0.2, 0.25) is 5.91 Å². The number of hydrogen-bond acceptors (Lipinski definition) is 5. The van der Waals surface area contributed by atoms with Gasteiger partial charge in [-0.05, 0) is 48.5 Å². The van der Waals surface area contributed by atoms with Crippen LogP contribution < -0.4 is 10.9 Å². The lowest BCUT2D eigenvalue weighted by Crippen LogP contribution is -2.28. The zero-order chi connectivity index (χ0) is 21.6. The first-order valence-electron chi connectivity index (χ1n) is 9.69. The minimum absolute atomic E-state index is 0.133. The van der Waals surface area contributed by atoms with Crippen molar-refractivity contribution in [3.63, 3.8) is 0 Å². The molecule has 6 nitrogen and oxygen atoms in total. The SMILES string of the molecule is O=C(CSc1nc2ccccc2c(=O)n1-c1ccc(Cl)cc1)NCCc1ccccn1. The molecule has 0 radical (unpaired) electrons. The van der Waals surface area contributed by atoms with E-state index < -0.39 is 0 Å². The number of carbonyl (C=O) groups excluding carboxylic acids is 1. The second-order valence-corrected chi connectivity index (χ2v) is 8.12. The van der Waals surface area contributed by atoms with Gasteiger partial charge >= 0.3 is 0 Å². The zero-order valence-electron chi connectivity index (χ0n) is 16.5. The van der Waals surface area contributed by atoms with E-state index in [0.717, 1.165) is 5.69 Å². The van der Waals surface area contributed by atoms with E-state index in [9.17, 15) is 9.59 Å². The van der Waals surface area contributed by atoms with Crippen LogP contribution in [0.15, 0.2) is 82.9 Å². The maximum Gasteiger partial charge on any atom is 0.266 e. The van der Waals surface area contributed by atoms with Gasteiger partial charge in [0, 0.05) is 29.9 Å². The Labute approximate surface area is 188 Å². The van der Waals surface area contributed by atoms with Crippen LogP contribution in [-0.4, -0.2) is 32.7 Å². The van der Waals surface area contributed by atoms with Crippen molar-refractivity contribution in [2.75, 3.05) is 12.3 Å². The van der Waals surface area contributed by atoms with Gasteiger partial charge in [-0.3, -0.25) is 19.1 Å². The first kappa shape index (κ1) is 21.1. The predicted octanol–water partition coefficient (Wildman–Crippen LogP) is 3.89. The van der Waals surface area contributed by atoms with Crippen LogP contribution in [0, 0.1) is 0 Å². The highest BCUT2D eigenvalue weighted by molar-refractivity contribution is 7.99. The van der Waals surface area contributed by atoms with Crippen LogP contribution in [0.1, 0.15) is 5.69 Å². The number of pyridine rings is 1. The van der Waals surface area contributed by atoms with Crippen molar-refractivity contribution in [1.29, 1.82) is 0 Å². The summed E-state index contributed by atoms with van der Waals surface area (Å²) in [7, 11) is 0. The highest BCUT2D eigenvalue weighted by Crippen LogP contribution is 2.22. The number of carbonyl (C=O) groups is 1. The standard InChI is InChI=1S/C23H19ClN4O2S/c24-16-8-10-18(11-9-16)28-22(30)19-6-1-2-7-20(19)27-23(28)31-15-21(29)26-14-12-17-5-3-4-13-25-17/h1-11,13H,12,14-15H2,(H,26,29). The molecule has 0 fully saturated rings. The summed E-state index contributed by atoms with van der Waals surface area (Å²) in [6.07, 6.45) is 2.38. The molecule has 2 aromatic heterocycles. The molecule has 2 aromatic carbocycles. The van der Waals surface area contributed by atoms with E-state index in [1.807, 2.05) is 24.3 Å². The van der Waals surface area contributed by atoms with Gasteiger partial charge in [0.05, 0.1) is 22.3 Å². The lowest BCUT2D eigenvalue weighted by Gasteiger charge is -2.13. The van der Waals surface area contributed by atoms with Crippen molar-refractivity contribution < 1.29 is 4.79 Å². The summed E-state index contributed by atoms with van der Waals surface area (Å²) < 4.78 is 1.52. The molecule has 0 saturated carbocycles. The monoisotopic (exact) mass is 450 g/mol. The minimum atomic E-state index is -0.189. The second-order valence-electron chi connectivity index (χ2n) is 6.74. The van der Waals surface area contributed by atoms with Crippen molar-refractivity contribution in [2.24, 2.45) is 0 Å². The molecule has 1 N–H and O–H groups in total. The Morgan fingerprint density at radius 2 is 1.81 bits per heavy atom. The smallest absolute Gasteiger partial charge is 0.266 e. The zero-order valence-corrected chi connectivity index (χ0v) is 18.1. The van der Waals surface area contributed by atoms with E-state index in [4.69, 9.17) is 11.6 Å². The summed E-state index contributed by atoms with van der Waals surface area (Å²) in [4.78, 5) is 34.4. The van der Waals surface area contributed by atoms with Gasteiger partial charge in [-0.25, -0.2) is 4.98 Å². The molecule has 31 heavy (non-hydrogen) atoms. The molecule has 0 aliphatic heterocycles. The fraction of sp³-hybridized carbons (Fsp3) is 0.130. The molecule has 0 saturated heterocycles. The average molecular weight is 451 g/mol. The number of para-hydroxylation sites is 1. The Kier molecular flexibility index (Phi) is 6.64. The highest BCUT2D eigenvalue weighted by atomic mass is 35.5. The Bertz CT molecular complexity index is 1260. The Balaban J connectivity index is 1.53. The fourth-order valence-electron chi connectivity index (χ4n) is 3.08. The molecule has 2 heterocycles. The van der Waals surface area contributed by atoms with Gasteiger partial charge in [-0.2, -0.15) is 0 Å². The molecule has 4 rings (SSSR count). The van der Waals surface area contributed by atoms with E-state index >= 15 is 0 Å². The van der Waals surface area contributed by atoms with Crippen molar-refractivity contribution >= 4 is 40.2 Å². The van der Waals surface area contributed by atoms with E-state index in [2.05, 4.69) is 15.3 Å². The normalized spacial score (nSPS) is 10.9. The lowest BCUT2D eigenvalue weighted by molar-refractivity contribution is -0.118. The topological polar surface area (TPSA) is 76.9 Å². The van der Waals surface area contributed by atoms with Crippen LogP contribution in [0.5, 0.6) is 0 Å². The number of benzene rings is 2. The highest BCUT2D eigenvalue weighted by Gasteiger charge is 2.14. The van der Waals surface area contributed by atoms with E-state index in [1.165, 1.54) is 16.3 Å². The molecule has 156 valence electrons. The summed E-state index contributed by atoms with van der Waals surface area (Å²) in [6.45, 7) is 0.492. The van der Waals surface area contributed by atoms with E-state index in [-0.39, 0.29) is 17.2 Å². The molecule has 0 unspecified atom stereocenters. The van der Waals surface area contributed by atoms with Crippen molar-refractivity contribution in [3.8, 4) is 5.69 Å². The van der Waals surface area contributed by atoms with Crippen LogP contribution in [0.3, 0.4) is 0 Å². The summed E-state index contributed by atoms with van der Waals surface area (Å²) >= 11 is 7.22. The first-order chi connectivity index (χ1) is 15.1. The second kappa shape index (κ2) is 9.76. The van der Waals surface area contributed by atoms with Gasteiger partial charge in [0.1, 0.15) is 0 Å². The average Bonchev–Trinajstić information content (AvgIpc) is 2.79. The van der Waals surface area contributed by atoms with Crippen LogP contribution in [0.2, 0.25) is 5.02 Å². The molecule has 0 atom stereocenters. The summed E-state index contributed by atoms with van der Waals surface area (Å²) in [6, 6.07) is 19.8. The van der Waals surface area contributed by atoms with Crippen molar-refractivity contribution in [2.45, 2.75) is 11.6 Å². The Morgan fingerprint density at radius 1 is 1.03 bits per heavy atom. The maximum absolute atomic E-state index is 13.2.